The van der Waals surface area contributed by atoms with Gasteiger partial charge in [0.2, 0.25) is 11.8 Å². The molecule has 118 valence electrons. The fraction of sp³-hybridized carbons (Fsp3) is 0.176. The third-order valence-corrected chi connectivity index (χ3v) is 4.10. The van der Waals surface area contributed by atoms with E-state index in [1.54, 1.807) is 36.0 Å². The Kier molecular flexibility index (Phi) is 4.52. The third-order valence-electron chi connectivity index (χ3n) is 3.22. The summed E-state index contributed by atoms with van der Waals surface area (Å²) in [6.45, 7) is 2.02. The van der Waals surface area contributed by atoms with Crippen molar-refractivity contribution in [2.24, 2.45) is 0 Å². The van der Waals surface area contributed by atoms with Crippen molar-refractivity contribution < 1.29 is 14.3 Å². The fourth-order valence-corrected chi connectivity index (χ4v) is 2.64. The smallest absolute Gasteiger partial charge is 0.234 e. The molecule has 6 heteroatoms. The maximum absolute atomic E-state index is 11.8. The van der Waals surface area contributed by atoms with Gasteiger partial charge < -0.3 is 14.8 Å². The SMILES string of the molecule is CCSCC(=O)Nc1cccc(-c2nc3cccc(O)c3o2)c1. The summed E-state index contributed by atoms with van der Waals surface area (Å²) >= 11 is 1.57. The fourth-order valence-electron chi connectivity index (χ4n) is 2.18. The Morgan fingerprint density at radius 2 is 2.13 bits per heavy atom. The van der Waals surface area contributed by atoms with E-state index >= 15 is 0 Å². The Balaban J connectivity index is 1.86. The van der Waals surface area contributed by atoms with Crippen LogP contribution in [-0.2, 0) is 4.79 Å². The Hall–Kier alpha value is -2.47. The van der Waals surface area contributed by atoms with Gasteiger partial charge in [-0.25, -0.2) is 4.98 Å². The molecule has 2 N–H and O–H groups in total. The first kappa shape index (κ1) is 15.4. The number of oxazole rings is 1. The van der Waals surface area contributed by atoms with Gasteiger partial charge in [0.25, 0.3) is 0 Å². The maximum Gasteiger partial charge on any atom is 0.234 e. The van der Waals surface area contributed by atoms with E-state index in [9.17, 15) is 9.90 Å². The van der Waals surface area contributed by atoms with Crippen LogP contribution < -0.4 is 5.32 Å². The molecule has 23 heavy (non-hydrogen) atoms. The number of hydrogen-bond acceptors (Lipinski definition) is 5. The number of nitrogens with zero attached hydrogens (tertiary/aromatic N) is 1. The summed E-state index contributed by atoms with van der Waals surface area (Å²) in [4.78, 5) is 16.2. The number of thioether (sulfide) groups is 1. The molecule has 0 aliphatic rings. The quantitative estimate of drug-likeness (QED) is 0.743. The summed E-state index contributed by atoms with van der Waals surface area (Å²) < 4.78 is 5.63. The minimum atomic E-state index is -0.0378. The second kappa shape index (κ2) is 6.75. The molecule has 0 fully saturated rings. The predicted octanol–water partition coefficient (Wildman–Crippen LogP) is 3.89. The molecule has 1 amide bonds. The number of benzene rings is 2. The van der Waals surface area contributed by atoms with Crippen LogP contribution in [0.4, 0.5) is 5.69 Å². The number of rotatable bonds is 5. The number of fused-ring (bicyclic) bond motifs is 1. The van der Waals surface area contributed by atoms with Crippen molar-refractivity contribution in [2.75, 3.05) is 16.8 Å². The lowest BCUT2D eigenvalue weighted by Gasteiger charge is -2.05. The van der Waals surface area contributed by atoms with Gasteiger partial charge in [-0.3, -0.25) is 4.79 Å². The summed E-state index contributed by atoms with van der Waals surface area (Å²) in [5.41, 5.74) is 2.38. The summed E-state index contributed by atoms with van der Waals surface area (Å²) in [7, 11) is 0. The highest BCUT2D eigenvalue weighted by atomic mass is 32.2. The topological polar surface area (TPSA) is 75.4 Å². The molecular weight excluding hydrogens is 312 g/mol. The Morgan fingerprint density at radius 3 is 2.91 bits per heavy atom. The summed E-state index contributed by atoms with van der Waals surface area (Å²) in [6, 6.07) is 12.3. The molecule has 0 spiro atoms. The molecular formula is C17H16N2O3S. The first-order valence-electron chi connectivity index (χ1n) is 7.24. The van der Waals surface area contributed by atoms with Gasteiger partial charge in [-0.1, -0.05) is 19.1 Å². The summed E-state index contributed by atoms with van der Waals surface area (Å²) in [6.07, 6.45) is 0. The van der Waals surface area contributed by atoms with Gasteiger partial charge in [0.15, 0.2) is 11.3 Å². The lowest BCUT2D eigenvalue weighted by molar-refractivity contribution is -0.113. The minimum absolute atomic E-state index is 0.0378. The molecule has 1 heterocycles. The van der Waals surface area contributed by atoms with E-state index in [1.165, 1.54) is 0 Å². The summed E-state index contributed by atoms with van der Waals surface area (Å²) in [5, 5.41) is 12.6. The number of carbonyl (C=O) groups is 1. The zero-order valence-corrected chi connectivity index (χ0v) is 13.4. The van der Waals surface area contributed by atoms with Crippen molar-refractivity contribution in [2.45, 2.75) is 6.92 Å². The van der Waals surface area contributed by atoms with E-state index in [1.807, 2.05) is 25.1 Å². The Bertz CT molecular complexity index is 845. The number of phenols is 1. The van der Waals surface area contributed by atoms with E-state index in [2.05, 4.69) is 10.3 Å². The molecule has 0 atom stereocenters. The van der Waals surface area contributed by atoms with Crippen LogP contribution in [0.3, 0.4) is 0 Å². The van der Waals surface area contributed by atoms with Crippen LogP contribution in [0.5, 0.6) is 5.75 Å². The molecule has 0 aliphatic carbocycles. The van der Waals surface area contributed by atoms with E-state index in [0.29, 0.717) is 28.4 Å². The van der Waals surface area contributed by atoms with Gasteiger partial charge >= 0.3 is 0 Å². The number of para-hydroxylation sites is 1. The molecule has 3 aromatic rings. The van der Waals surface area contributed by atoms with Gasteiger partial charge in [-0.15, -0.1) is 0 Å². The molecule has 5 nitrogen and oxygen atoms in total. The molecule has 0 saturated carbocycles. The average Bonchev–Trinajstić information content (AvgIpc) is 2.99. The lowest BCUT2D eigenvalue weighted by atomic mass is 10.2. The van der Waals surface area contributed by atoms with Gasteiger partial charge in [0.05, 0.1) is 5.75 Å². The first-order chi connectivity index (χ1) is 11.2. The predicted molar refractivity (Wildman–Crippen MR) is 92.7 cm³/mol. The number of nitrogens with one attached hydrogen (secondary N) is 1. The van der Waals surface area contributed by atoms with Gasteiger partial charge in [0.1, 0.15) is 5.52 Å². The number of aromatic nitrogens is 1. The van der Waals surface area contributed by atoms with Crippen LogP contribution in [0, 0.1) is 0 Å². The van der Waals surface area contributed by atoms with E-state index in [-0.39, 0.29) is 11.7 Å². The first-order valence-corrected chi connectivity index (χ1v) is 8.39. The number of hydrogen-bond donors (Lipinski definition) is 2. The molecule has 0 aliphatic heterocycles. The number of phenolic OH excluding ortho intramolecular Hbond substituents is 1. The largest absolute Gasteiger partial charge is 0.504 e. The Labute approximate surface area is 137 Å². The van der Waals surface area contributed by atoms with Crippen molar-refractivity contribution in [1.29, 1.82) is 0 Å². The normalized spacial score (nSPS) is 10.8. The van der Waals surface area contributed by atoms with Crippen molar-refractivity contribution in [1.82, 2.24) is 4.98 Å². The van der Waals surface area contributed by atoms with Crippen molar-refractivity contribution in [3.63, 3.8) is 0 Å². The van der Waals surface area contributed by atoms with Crippen LogP contribution in [-0.4, -0.2) is 27.5 Å². The highest BCUT2D eigenvalue weighted by molar-refractivity contribution is 7.99. The second-order valence-electron chi connectivity index (χ2n) is 4.91. The van der Waals surface area contributed by atoms with Crippen molar-refractivity contribution >= 4 is 34.5 Å². The molecule has 3 rings (SSSR count). The minimum Gasteiger partial charge on any atom is -0.504 e. The van der Waals surface area contributed by atoms with Crippen molar-refractivity contribution in [3.05, 3.63) is 42.5 Å². The number of aromatic hydroxyl groups is 1. The van der Waals surface area contributed by atoms with Crippen molar-refractivity contribution in [3.8, 4) is 17.2 Å². The molecule has 0 radical (unpaired) electrons. The van der Waals surface area contributed by atoms with Crippen LogP contribution in [0.25, 0.3) is 22.6 Å². The number of carbonyl (C=O) groups excluding carboxylic acids is 1. The molecule has 0 bridgehead atoms. The molecule has 0 unspecified atom stereocenters. The van der Waals surface area contributed by atoms with Crippen LogP contribution in [0.2, 0.25) is 0 Å². The highest BCUT2D eigenvalue weighted by Crippen LogP contribution is 2.30. The molecule has 2 aromatic carbocycles. The third kappa shape index (κ3) is 3.48. The number of anilines is 1. The van der Waals surface area contributed by atoms with Crippen LogP contribution in [0.1, 0.15) is 6.92 Å². The van der Waals surface area contributed by atoms with Crippen LogP contribution in [0.15, 0.2) is 46.9 Å². The van der Waals surface area contributed by atoms with E-state index in [4.69, 9.17) is 4.42 Å². The van der Waals surface area contributed by atoms with Gasteiger partial charge in [-0.2, -0.15) is 11.8 Å². The second-order valence-corrected chi connectivity index (χ2v) is 6.18. The molecule has 1 aromatic heterocycles. The van der Waals surface area contributed by atoms with Crippen LogP contribution >= 0.6 is 11.8 Å². The monoisotopic (exact) mass is 328 g/mol. The standard InChI is InChI=1S/C17H16N2O3S/c1-2-23-10-15(21)18-12-6-3-5-11(9-12)17-19-13-7-4-8-14(20)16(13)22-17/h3-9,20H,2,10H2,1H3,(H,18,21). The maximum atomic E-state index is 11.8. The highest BCUT2D eigenvalue weighted by Gasteiger charge is 2.12. The van der Waals surface area contributed by atoms with E-state index in [0.717, 1.165) is 11.3 Å². The lowest BCUT2D eigenvalue weighted by Crippen LogP contribution is -2.14. The Morgan fingerprint density at radius 1 is 1.30 bits per heavy atom. The summed E-state index contributed by atoms with van der Waals surface area (Å²) in [5.74, 6) is 1.75. The zero-order valence-electron chi connectivity index (χ0n) is 12.6. The number of amides is 1. The molecule has 0 saturated heterocycles. The van der Waals surface area contributed by atoms with E-state index < -0.39 is 0 Å². The van der Waals surface area contributed by atoms with Gasteiger partial charge in [0, 0.05) is 11.3 Å². The average molecular weight is 328 g/mol. The van der Waals surface area contributed by atoms with Gasteiger partial charge in [-0.05, 0) is 36.1 Å². The zero-order chi connectivity index (χ0) is 16.2.